The summed E-state index contributed by atoms with van der Waals surface area (Å²) < 4.78 is 0. The largest absolute Gasteiger partial charge is 0.361 e. The Morgan fingerprint density at radius 1 is 1.56 bits per heavy atom. The minimum absolute atomic E-state index is 0.885. The molecule has 0 atom stereocenters. The molecular weight excluding hydrogens is 120 g/mol. The summed E-state index contributed by atoms with van der Waals surface area (Å²) in [5, 5.41) is 1.96. The van der Waals surface area contributed by atoms with Crippen LogP contribution in [0.4, 0.5) is 0 Å². The minimum atomic E-state index is -1.03. The summed E-state index contributed by atoms with van der Waals surface area (Å²) in [4.78, 5) is 20.2. The molecule has 0 rings (SSSR count). The summed E-state index contributed by atoms with van der Waals surface area (Å²) in [5.41, 5.74) is 4.56. The Morgan fingerprint density at radius 3 is 2.44 bits per heavy atom. The summed E-state index contributed by atoms with van der Waals surface area (Å²) in [6.07, 6.45) is 0. The normalized spacial score (nSPS) is 6.78. The summed E-state index contributed by atoms with van der Waals surface area (Å²) >= 11 is 0. The Bertz CT molecular complexity index is 187. The van der Waals surface area contributed by atoms with Gasteiger partial charge in [0, 0.05) is 6.04 Å². The molecule has 2 amide bonds. The number of carbonyl (C=O) groups is 2. The van der Waals surface area contributed by atoms with Gasteiger partial charge in [-0.1, -0.05) is 5.92 Å². The number of rotatable bonds is 0. The molecule has 0 fully saturated rings. The highest BCUT2D eigenvalue weighted by atomic mass is 16.2. The first kappa shape index (κ1) is 7.50. The number of primary amides is 1. The summed E-state index contributed by atoms with van der Waals surface area (Å²) in [6, 6.07) is 2.18. The Kier molecular flexibility index (Phi) is 2.91. The quantitative estimate of drug-likeness (QED) is 0.237. The molecule has 0 aliphatic carbocycles. The average Bonchev–Trinajstić information content (AvgIpc) is 1.82. The van der Waals surface area contributed by atoms with E-state index in [-0.39, 0.29) is 0 Å². The fourth-order valence-electron chi connectivity index (χ4n) is 0.181. The van der Waals surface area contributed by atoms with E-state index in [0.29, 0.717) is 0 Å². The van der Waals surface area contributed by atoms with Crippen molar-refractivity contribution in [1.82, 2.24) is 5.32 Å². The summed E-state index contributed by atoms with van der Waals surface area (Å²) in [5.74, 6) is 0.449. The number of hydrogen-bond acceptors (Lipinski definition) is 2. The second-order valence-electron chi connectivity index (χ2n) is 1.19. The number of nitrogens with one attached hydrogen (secondary N) is 1. The molecule has 0 bridgehead atoms. The zero-order valence-electron chi connectivity index (χ0n) is 4.89. The van der Waals surface area contributed by atoms with Gasteiger partial charge in [-0.2, -0.15) is 0 Å². The molecule has 4 heteroatoms. The Hall–Kier alpha value is -1.50. The number of amides is 2. The van der Waals surface area contributed by atoms with Gasteiger partial charge in [0.15, 0.2) is 0 Å². The molecule has 0 saturated heterocycles. The number of nitrogens with two attached hydrogens (primary N) is 1. The molecule has 0 unspecified atom stereocenters. The third-order valence-corrected chi connectivity index (χ3v) is 0.525. The van der Waals surface area contributed by atoms with Gasteiger partial charge in [0.05, 0.1) is 0 Å². The summed E-state index contributed by atoms with van der Waals surface area (Å²) in [6.45, 7) is 1.53. The van der Waals surface area contributed by atoms with Gasteiger partial charge in [-0.05, 0) is 6.92 Å². The van der Waals surface area contributed by atoms with Crippen LogP contribution in [0.3, 0.4) is 0 Å². The van der Waals surface area contributed by atoms with Crippen LogP contribution in [-0.4, -0.2) is 11.8 Å². The highest BCUT2D eigenvalue weighted by molar-refractivity contribution is 6.34. The molecule has 4 nitrogen and oxygen atoms in total. The molecule has 0 aromatic carbocycles. The van der Waals surface area contributed by atoms with E-state index in [9.17, 15) is 9.59 Å². The van der Waals surface area contributed by atoms with Crippen molar-refractivity contribution < 1.29 is 9.59 Å². The summed E-state index contributed by atoms with van der Waals surface area (Å²) in [7, 11) is 0. The lowest BCUT2D eigenvalue weighted by molar-refractivity contribution is -0.136. The van der Waals surface area contributed by atoms with Crippen molar-refractivity contribution in [3.05, 3.63) is 0 Å². The number of hydrogen-bond donors (Lipinski definition) is 2. The topological polar surface area (TPSA) is 72.2 Å². The molecule has 0 heterocycles. The fraction of sp³-hybridized carbons (Fsp3) is 0.200. The first-order chi connectivity index (χ1) is 4.18. The van der Waals surface area contributed by atoms with E-state index in [1.54, 1.807) is 0 Å². The molecule has 0 aromatic rings. The number of carbonyl (C=O) groups excluding carboxylic acids is 2. The van der Waals surface area contributed by atoms with Gasteiger partial charge in [-0.3, -0.25) is 14.9 Å². The smallest absolute Gasteiger partial charge is 0.320 e. The third kappa shape index (κ3) is 3.12. The highest BCUT2D eigenvalue weighted by Gasteiger charge is 2.03. The van der Waals surface area contributed by atoms with E-state index in [0.717, 1.165) is 0 Å². The Labute approximate surface area is 52.4 Å². The van der Waals surface area contributed by atoms with Crippen molar-refractivity contribution in [2.45, 2.75) is 6.92 Å². The third-order valence-electron chi connectivity index (χ3n) is 0.525. The molecule has 0 aromatic heterocycles. The standard InChI is InChI=1S/C5H6N2O2/c1-2-3-7-5(9)4(6)8/h1H3,(H2,6,8)(H,7,9). The molecule has 0 aliphatic rings. The zero-order chi connectivity index (χ0) is 7.28. The molecule has 9 heavy (non-hydrogen) atoms. The van der Waals surface area contributed by atoms with Gasteiger partial charge in [-0.25, -0.2) is 0 Å². The average molecular weight is 126 g/mol. The van der Waals surface area contributed by atoms with Crippen LogP contribution >= 0.6 is 0 Å². The molecular formula is C5H6N2O2. The Balaban J connectivity index is 3.74. The molecule has 48 valence electrons. The first-order valence-corrected chi connectivity index (χ1v) is 2.20. The lowest BCUT2D eigenvalue weighted by Gasteiger charge is -1.86. The van der Waals surface area contributed by atoms with E-state index < -0.39 is 11.8 Å². The lowest BCUT2D eigenvalue weighted by atomic mass is 10.6. The monoisotopic (exact) mass is 126 g/mol. The molecule has 0 radical (unpaired) electrons. The van der Waals surface area contributed by atoms with Crippen LogP contribution in [0.15, 0.2) is 0 Å². The van der Waals surface area contributed by atoms with Crippen LogP contribution in [0, 0.1) is 12.0 Å². The SMILES string of the molecule is CC#CNC(=O)C(N)=O. The van der Waals surface area contributed by atoms with E-state index in [2.05, 4.69) is 17.7 Å². The zero-order valence-corrected chi connectivity index (χ0v) is 4.89. The maximum atomic E-state index is 10.2. The van der Waals surface area contributed by atoms with Gasteiger partial charge in [0.25, 0.3) is 0 Å². The van der Waals surface area contributed by atoms with E-state index >= 15 is 0 Å². The molecule has 0 aliphatic heterocycles. The van der Waals surface area contributed by atoms with Crippen molar-refractivity contribution in [2.24, 2.45) is 5.73 Å². The fourth-order valence-corrected chi connectivity index (χ4v) is 0.181. The van der Waals surface area contributed by atoms with Crippen molar-refractivity contribution in [2.75, 3.05) is 0 Å². The second-order valence-corrected chi connectivity index (χ2v) is 1.19. The van der Waals surface area contributed by atoms with Crippen LogP contribution in [0.2, 0.25) is 0 Å². The van der Waals surface area contributed by atoms with Gasteiger partial charge >= 0.3 is 11.8 Å². The van der Waals surface area contributed by atoms with E-state index in [1.807, 2.05) is 5.32 Å². The van der Waals surface area contributed by atoms with Crippen molar-refractivity contribution in [3.8, 4) is 12.0 Å². The second kappa shape index (κ2) is 3.50. The predicted molar refractivity (Wildman–Crippen MR) is 30.8 cm³/mol. The predicted octanol–water partition coefficient (Wildman–Crippen LogP) is -1.43. The molecule has 0 spiro atoms. The maximum Gasteiger partial charge on any atom is 0.320 e. The highest BCUT2D eigenvalue weighted by Crippen LogP contribution is 1.57. The minimum Gasteiger partial charge on any atom is -0.361 e. The van der Waals surface area contributed by atoms with Gasteiger partial charge in [0.2, 0.25) is 0 Å². The Morgan fingerprint density at radius 2 is 2.11 bits per heavy atom. The maximum absolute atomic E-state index is 10.2. The van der Waals surface area contributed by atoms with Crippen molar-refractivity contribution in [1.29, 1.82) is 0 Å². The first-order valence-electron chi connectivity index (χ1n) is 2.20. The van der Waals surface area contributed by atoms with Gasteiger partial charge < -0.3 is 5.73 Å². The van der Waals surface area contributed by atoms with Crippen molar-refractivity contribution in [3.63, 3.8) is 0 Å². The van der Waals surface area contributed by atoms with Crippen LogP contribution in [0.5, 0.6) is 0 Å². The van der Waals surface area contributed by atoms with Crippen LogP contribution < -0.4 is 11.1 Å². The van der Waals surface area contributed by atoms with E-state index in [1.165, 1.54) is 6.92 Å². The van der Waals surface area contributed by atoms with Gasteiger partial charge in [0.1, 0.15) is 0 Å². The van der Waals surface area contributed by atoms with Crippen molar-refractivity contribution >= 4 is 11.8 Å². The molecule has 0 saturated carbocycles. The van der Waals surface area contributed by atoms with Crippen LogP contribution in [0.25, 0.3) is 0 Å². The van der Waals surface area contributed by atoms with Crippen LogP contribution in [0.1, 0.15) is 6.92 Å². The van der Waals surface area contributed by atoms with E-state index in [4.69, 9.17) is 0 Å². The molecule has 3 N–H and O–H groups in total. The van der Waals surface area contributed by atoms with Crippen LogP contribution in [-0.2, 0) is 9.59 Å². The van der Waals surface area contributed by atoms with Gasteiger partial charge in [-0.15, -0.1) is 0 Å². The lowest BCUT2D eigenvalue weighted by Crippen LogP contribution is -2.33.